The van der Waals surface area contributed by atoms with Gasteiger partial charge < -0.3 is 5.32 Å². The minimum Gasteiger partial charge on any atom is -0.321 e. The number of para-hydroxylation sites is 1. The number of hydrogen-bond acceptors (Lipinski definition) is 2. The molecule has 0 radical (unpaired) electrons. The fraction of sp³-hybridized carbons (Fsp3) is 0. The highest BCUT2D eigenvalue weighted by Gasteiger charge is 2.06. The highest BCUT2D eigenvalue weighted by atomic mass is 35.5. The van der Waals surface area contributed by atoms with E-state index in [0.29, 0.717) is 0 Å². The van der Waals surface area contributed by atoms with Crippen LogP contribution in [0.15, 0.2) is 40.6 Å². The first-order valence-corrected chi connectivity index (χ1v) is 4.47. The van der Waals surface area contributed by atoms with E-state index in [9.17, 15) is 4.79 Å². The molecule has 1 aromatic rings. The molecule has 13 heavy (non-hydrogen) atoms. The molecule has 4 heteroatoms. The Morgan fingerprint density at radius 1 is 1.23 bits per heavy atom. The zero-order valence-electron chi connectivity index (χ0n) is 6.69. The molecule has 0 aliphatic carbocycles. The standard InChI is InChI=1S/C9H7NOS.ClH/c11-9-5-6-12-8-4-2-1-3-7(8)10-9;/h1-6H,(H,10,11);1H. The first-order chi connectivity index (χ1) is 5.86. The molecular formula is C9H8ClNOS. The normalized spacial score (nSPS) is 13.7. The van der Waals surface area contributed by atoms with Gasteiger partial charge in [-0.05, 0) is 17.5 Å². The molecule has 0 saturated heterocycles. The second kappa shape index (κ2) is 4.35. The molecule has 0 spiro atoms. The van der Waals surface area contributed by atoms with Crippen LogP contribution in [0.2, 0.25) is 0 Å². The van der Waals surface area contributed by atoms with E-state index in [1.165, 1.54) is 6.08 Å². The minimum atomic E-state index is -0.0625. The molecule has 0 bridgehead atoms. The smallest absolute Gasteiger partial charge is 0.248 e. The van der Waals surface area contributed by atoms with Crippen LogP contribution in [0.3, 0.4) is 0 Å². The molecule has 0 fully saturated rings. The molecule has 1 heterocycles. The summed E-state index contributed by atoms with van der Waals surface area (Å²) in [4.78, 5) is 12.1. The summed E-state index contributed by atoms with van der Waals surface area (Å²) in [6.45, 7) is 0. The number of fused-ring (bicyclic) bond motifs is 1. The molecule has 0 aromatic heterocycles. The zero-order valence-corrected chi connectivity index (χ0v) is 8.32. The van der Waals surface area contributed by atoms with Crippen molar-refractivity contribution in [1.29, 1.82) is 0 Å². The molecule has 1 aliphatic rings. The SMILES string of the molecule is Cl.O=C1C=CSc2ccccc2N1. The first kappa shape index (κ1) is 10.2. The van der Waals surface area contributed by atoms with Gasteiger partial charge in [0, 0.05) is 11.0 Å². The lowest BCUT2D eigenvalue weighted by Crippen LogP contribution is -2.06. The van der Waals surface area contributed by atoms with Gasteiger partial charge in [-0.25, -0.2) is 0 Å². The number of nitrogens with one attached hydrogen (secondary N) is 1. The highest BCUT2D eigenvalue weighted by molar-refractivity contribution is 8.02. The second-order valence-corrected chi connectivity index (χ2v) is 3.35. The summed E-state index contributed by atoms with van der Waals surface area (Å²) in [6, 6.07) is 7.74. The van der Waals surface area contributed by atoms with Crippen molar-refractivity contribution in [3.8, 4) is 0 Å². The number of rotatable bonds is 0. The maximum absolute atomic E-state index is 11.0. The van der Waals surface area contributed by atoms with Gasteiger partial charge in [0.2, 0.25) is 5.91 Å². The Hall–Kier alpha value is -0.930. The largest absolute Gasteiger partial charge is 0.321 e. The average molecular weight is 214 g/mol. The Kier molecular flexibility index (Phi) is 3.39. The molecule has 1 aromatic carbocycles. The van der Waals surface area contributed by atoms with Gasteiger partial charge in [-0.1, -0.05) is 23.9 Å². The highest BCUT2D eigenvalue weighted by Crippen LogP contribution is 2.29. The monoisotopic (exact) mass is 213 g/mol. The van der Waals surface area contributed by atoms with E-state index in [0.717, 1.165) is 10.6 Å². The summed E-state index contributed by atoms with van der Waals surface area (Å²) in [5.41, 5.74) is 0.887. The predicted octanol–water partition coefficient (Wildman–Crippen LogP) is 2.67. The van der Waals surface area contributed by atoms with Crippen molar-refractivity contribution < 1.29 is 4.79 Å². The average Bonchev–Trinajstić information content (AvgIpc) is 2.25. The predicted molar refractivity (Wildman–Crippen MR) is 57.3 cm³/mol. The summed E-state index contributed by atoms with van der Waals surface area (Å²) in [5, 5.41) is 4.57. The van der Waals surface area contributed by atoms with Crippen LogP contribution in [-0.4, -0.2) is 5.91 Å². The number of halogens is 1. The topological polar surface area (TPSA) is 29.1 Å². The number of thioether (sulfide) groups is 1. The number of amides is 1. The molecular weight excluding hydrogens is 206 g/mol. The molecule has 1 aliphatic heterocycles. The molecule has 2 nitrogen and oxygen atoms in total. The van der Waals surface area contributed by atoms with E-state index in [2.05, 4.69) is 5.32 Å². The fourth-order valence-electron chi connectivity index (χ4n) is 1.02. The summed E-state index contributed by atoms with van der Waals surface area (Å²) < 4.78 is 0. The maximum atomic E-state index is 11.0. The zero-order chi connectivity index (χ0) is 8.39. The minimum absolute atomic E-state index is 0. The van der Waals surface area contributed by atoms with E-state index in [1.807, 2.05) is 24.3 Å². The maximum Gasteiger partial charge on any atom is 0.248 e. The Morgan fingerprint density at radius 2 is 2.00 bits per heavy atom. The third-order valence-corrected chi connectivity index (χ3v) is 2.44. The molecule has 0 atom stereocenters. The lowest BCUT2D eigenvalue weighted by Gasteiger charge is -2.03. The quantitative estimate of drug-likeness (QED) is 0.718. The van der Waals surface area contributed by atoms with Gasteiger partial charge in [0.1, 0.15) is 0 Å². The molecule has 0 unspecified atom stereocenters. The van der Waals surface area contributed by atoms with Gasteiger partial charge in [-0.15, -0.1) is 12.4 Å². The summed E-state index contributed by atoms with van der Waals surface area (Å²) in [6.07, 6.45) is 1.53. The van der Waals surface area contributed by atoms with E-state index >= 15 is 0 Å². The molecule has 2 rings (SSSR count). The van der Waals surface area contributed by atoms with Crippen molar-refractivity contribution in [2.45, 2.75) is 4.90 Å². The lowest BCUT2D eigenvalue weighted by molar-refractivity contribution is -0.111. The Morgan fingerprint density at radius 3 is 2.85 bits per heavy atom. The van der Waals surface area contributed by atoms with Crippen molar-refractivity contribution in [2.75, 3.05) is 5.32 Å². The van der Waals surface area contributed by atoms with Crippen molar-refractivity contribution in [2.24, 2.45) is 0 Å². The van der Waals surface area contributed by atoms with Gasteiger partial charge in [-0.2, -0.15) is 0 Å². The van der Waals surface area contributed by atoms with Crippen LogP contribution in [0.1, 0.15) is 0 Å². The molecule has 1 N–H and O–H groups in total. The molecule has 0 saturated carbocycles. The Balaban J connectivity index is 0.000000845. The van der Waals surface area contributed by atoms with Crippen molar-refractivity contribution in [3.05, 3.63) is 35.7 Å². The van der Waals surface area contributed by atoms with Crippen molar-refractivity contribution >= 4 is 35.8 Å². The van der Waals surface area contributed by atoms with E-state index in [4.69, 9.17) is 0 Å². The van der Waals surface area contributed by atoms with Crippen LogP contribution >= 0.6 is 24.2 Å². The van der Waals surface area contributed by atoms with Crippen molar-refractivity contribution in [3.63, 3.8) is 0 Å². The van der Waals surface area contributed by atoms with Gasteiger partial charge in [0.15, 0.2) is 0 Å². The first-order valence-electron chi connectivity index (χ1n) is 3.59. The van der Waals surface area contributed by atoms with Crippen LogP contribution < -0.4 is 5.32 Å². The lowest BCUT2D eigenvalue weighted by atomic mass is 10.3. The Bertz CT molecular complexity index is 351. The van der Waals surface area contributed by atoms with Crippen LogP contribution in [0, 0.1) is 0 Å². The van der Waals surface area contributed by atoms with Crippen LogP contribution in [-0.2, 0) is 4.79 Å². The van der Waals surface area contributed by atoms with E-state index < -0.39 is 0 Å². The number of hydrogen-bond donors (Lipinski definition) is 1. The van der Waals surface area contributed by atoms with Crippen molar-refractivity contribution in [1.82, 2.24) is 0 Å². The van der Waals surface area contributed by atoms with Gasteiger partial charge in [0.25, 0.3) is 0 Å². The fourth-order valence-corrected chi connectivity index (χ4v) is 1.76. The summed E-state index contributed by atoms with van der Waals surface area (Å²) in [7, 11) is 0. The summed E-state index contributed by atoms with van der Waals surface area (Å²) in [5.74, 6) is -0.0625. The summed E-state index contributed by atoms with van der Waals surface area (Å²) >= 11 is 1.55. The van der Waals surface area contributed by atoms with Gasteiger partial charge >= 0.3 is 0 Å². The molecule has 68 valence electrons. The third kappa shape index (κ3) is 2.26. The van der Waals surface area contributed by atoms with E-state index in [1.54, 1.807) is 17.2 Å². The second-order valence-electron chi connectivity index (χ2n) is 2.41. The number of carbonyl (C=O) groups excluding carboxylic acids is 1. The number of carbonyl (C=O) groups is 1. The van der Waals surface area contributed by atoms with E-state index in [-0.39, 0.29) is 18.3 Å². The van der Waals surface area contributed by atoms with Crippen LogP contribution in [0.4, 0.5) is 5.69 Å². The number of benzene rings is 1. The Labute approximate surface area is 86.8 Å². The van der Waals surface area contributed by atoms with Gasteiger partial charge in [0.05, 0.1) is 5.69 Å². The van der Waals surface area contributed by atoms with Gasteiger partial charge in [-0.3, -0.25) is 4.79 Å². The third-order valence-electron chi connectivity index (χ3n) is 1.56. The number of anilines is 1. The van der Waals surface area contributed by atoms with Crippen LogP contribution in [0.5, 0.6) is 0 Å². The van der Waals surface area contributed by atoms with Crippen LogP contribution in [0.25, 0.3) is 0 Å². The molecule has 1 amide bonds.